The zero-order valence-corrected chi connectivity index (χ0v) is 18.9. The van der Waals surface area contributed by atoms with E-state index in [9.17, 15) is 4.79 Å². The van der Waals surface area contributed by atoms with Gasteiger partial charge < -0.3 is 9.84 Å². The number of nitrogens with zero attached hydrogens (tertiary/aromatic N) is 3. The largest absolute Gasteiger partial charge is 0.338 e. The van der Waals surface area contributed by atoms with Gasteiger partial charge >= 0.3 is 0 Å². The van der Waals surface area contributed by atoms with E-state index < -0.39 is 0 Å². The van der Waals surface area contributed by atoms with E-state index in [1.54, 1.807) is 0 Å². The lowest BCUT2D eigenvalue weighted by Gasteiger charge is -2.30. The highest BCUT2D eigenvalue weighted by atomic mass is 79.9. The second-order valence-electron chi connectivity index (χ2n) is 7.47. The Morgan fingerprint density at radius 3 is 2.80 bits per heavy atom. The van der Waals surface area contributed by atoms with Crippen molar-refractivity contribution in [2.24, 2.45) is 5.92 Å². The molecule has 1 aromatic heterocycles. The average Bonchev–Trinajstić information content (AvgIpc) is 3.20. The number of anilines is 1. The monoisotopic (exact) mass is 488 g/mol. The summed E-state index contributed by atoms with van der Waals surface area (Å²) in [7, 11) is 0. The maximum Gasteiger partial charge on any atom is 0.241 e. The van der Waals surface area contributed by atoms with E-state index in [2.05, 4.69) is 36.3 Å². The van der Waals surface area contributed by atoms with E-state index in [-0.39, 0.29) is 11.8 Å². The molecule has 0 aliphatic carbocycles. The summed E-state index contributed by atoms with van der Waals surface area (Å²) in [5, 5.41) is 7.77. The van der Waals surface area contributed by atoms with Gasteiger partial charge in [0.2, 0.25) is 17.6 Å². The van der Waals surface area contributed by atoms with Gasteiger partial charge in [0.05, 0.1) is 6.54 Å². The summed E-state index contributed by atoms with van der Waals surface area (Å²) < 4.78 is 6.40. The molecule has 0 radical (unpaired) electrons. The van der Waals surface area contributed by atoms with Crippen molar-refractivity contribution in [1.29, 1.82) is 0 Å². The first-order chi connectivity index (χ1) is 14.5. The molecule has 4 rings (SSSR count). The molecule has 3 aromatic rings. The lowest BCUT2D eigenvalue weighted by Crippen LogP contribution is -2.37. The molecule has 0 unspecified atom stereocenters. The molecule has 1 amide bonds. The molecule has 1 fully saturated rings. The topological polar surface area (TPSA) is 71.3 Å². The number of halogens is 2. The number of hydrogen-bond acceptors (Lipinski definition) is 5. The quantitative estimate of drug-likeness (QED) is 0.526. The molecular weight excluding hydrogens is 468 g/mol. The van der Waals surface area contributed by atoms with Crippen molar-refractivity contribution in [3.8, 4) is 11.4 Å². The summed E-state index contributed by atoms with van der Waals surface area (Å²) in [4.78, 5) is 19.4. The van der Waals surface area contributed by atoms with Crippen molar-refractivity contribution in [2.75, 3.05) is 18.4 Å². The number of piperidine rings is 1. The lowest BCUT2D eigenvalue weighted by molar-refractivity contribution is -0.121. The van der Waals surface area contributed by atoms with Gasteiger partial charge in [-0.2, -0.15) is 4.98 Å². The fourth-order valence-electron chi connectivity index (χ4n) is 3.59. The first-order valence-corrected chi connectivity index (χ1v) is 11.0. The zero-order valence-electron chi connectivity index (χ0n) is 16.6. The maximum absolute atomic E-state index is 12.7. The van der Waals surface area contributed by atoms with Crippen LogP contribution in [0.1, 0.15) is 24.3 Å². The molecule has 1 aliphatic heterocycles. The van der Waals surface area contributed by atoms with Crippen molar-refractivity contribution in [1.82, 2.24) is 15.0 Å². The van der Waals surface area contributed by atoms with Crippen LogP contribution in [0.2, 0.25) is 5.02 Å². The summed E-state index contributed by atoms with van der Waals surface area (Å²) in [6.07, 6.45) is 1.58. The molecular formula is C22H22BrClN4O2. The van der Waals surface area contributed by atoms with Crippen molar-refractivity contribution in [3.05, 3.63) is 63.4 Å². The number of amides is 1. The van der Waals surface area contributed by atoms with Gasteiger partial charge in [0.1, 0.15) is 0 Å². The van der Waals surface area contributed by atoms with Gasteiger partial charge in [0, 0.05) is 26.7 Å². The minimum atomic E-state index is -0.0143. The first kappa shape index (κ1) is 21.0. The Kier molecular flexibility index (Phi) is 6.51. The number of nitrogens with one attached hydrogen (secondary N) is 1. The van der Waals surface area contributed by atoms with Crippen molar-refractivity contribution < 1.29 is 9.32 Å². The highest BCUT2D eigenvalue weighted by Crippen LogP contribution is 2.26. The standard InChI is InChI=1S/C22H22BrClN4O2/c1-14-18(24)6-3-7-19(14)25-22(29)15-8-10-28(11-9-15)13-20-26-21(27-30-20)16-4-2-5-17(23)12-16/h2-7,12,15H,8-11,13H2,1H3,(H,25,29). The van der Waals surface area contributed by atoms with E-state index in [1.807, 2.05) is 49.4 Å². The molecule has 1 saturated heterocycles. The van der Waals surface area contributed by atoms with Crippen LogP contribution in [-0.4, -0.2) is 34.0 Å². The van der Waals surface area contributed by atoms with E-state index in [4.69, 9.17) is 16.1 Å². The minimum Gasteiger partial charge on any atom is -0.338 e. The molecule has 1 N–H and O–H groups in total. The Hall–Kier alpha value is -2.22. The molecule has 0 saturated carbocycles. The number of benzene rings is 2. The van der Waals surface area contributed by atoms with Crippen molar-refractivity contribution in [3.63, 3.8) is 0 Å². The van der Waals surface area contributed by atoms with Gasteiger partial charge in [0.25, 0.3) is 0 Å². The molecule has 0 spiro atoms. The zero-order chi connectivity index (χ0) is 21.1. The summed E-state index contributed by atoms with van der Waals surface area (Å²) in [6, 6.07) is 13.4. The van der Waals surface area contributed by atoms with E-state index in [0.717, 1.165) is 47.2 Å². The Balaban J connectivity index is 1.31. The van der Waals surface area contributed by atoms with Crippen LogP contribution in [0.15, 0.2) is 51.5 Å². The number of aromatic nitrogens is 2. The molecule has 2 heterocycles. The maximum atomic E-state index is 12.7. The molecule has 1 aliphatic rings. The second-order valence-corrected chi connectivity index (χ2v) is 8.80. The summed E-state index contributed by atoms with van der Waals surface area (Å²) in [6.45, 7) is 4.11. The van der Waals surface area contributed by atoms with Crippen LogP contribution in [0.5, 0.6) is 0 Å². The fraction of sp³-hybridized carbons (Fsp3) is 0.318. The fourth-order valence-corrected chi connectivity index (χ4v) is 4.16. The van der Waals surface area contributed by atoms with Crippen LogP contribution < -0.4 is 5.32 Å². The highest BCUT2D eigenvalue weighted by Gasteiger charge is 2.26. The van der Waals surface area contributed by atoms with E-state index >= 15 is 0 Å². The number of carbonyl (C=O) groups excluding carboxylic acids is 1. The van der Waals surface area contributed by atoms with Crippen LogP contribution in [0, 0.1) is 12.8 Å². The Morgan fingerprint density at radius 1 is 1.27 bits per heavy atom. The SMILES string of the molecule is Cc1c(Cl)cccc1NC(=O)C1CCN(Cc2nc(-c3cccc(Br)c3)no2)CC1. The smallest absolute Gasteiger partial charge is 0.241 e. The summed E-state index contributed by atoms with van der Waals surface area (Å²) in [5.74, 6) is 1.20. The average molecular weight is 490 g/mol. The first-order valence-electron chi connectivity index (χ1n) is 9.86. The lowest BCUT2D eigenvalue weighted by atomic mass is 9.95. The Morgan fingerprint density at radius 2 is 2.03 bits per heavy atom. The van der Waals surface area contributed by atoms with Crippen LogP contribution in [0.25, 0.3) is 11.4 Å². The number of carbonyl (C=O) groups is 1. The van der Waals surface area contributed by atoms with Crippen molar-refractivity contribution >= 4 is 39.1 Å². The molecule has 0 bridgehead atoms. The van der Waals surface area contributed by atoms with Gasteiger partial charge in [-0.1, -0.05) is 50.9 Å². The molecule has 30 heavy (non-hydrogen) atoms. The van der Waals surface area contributed by atoms with Crippen molar-refractivity contribution in [2.45, 2.75) is 26.3 Å². The van der Waals surface area contributed by atoms with E-state index in [0.29, 0.717) is 23.3 Å². The van der Waals surface area contributed by atoms with Gasteiger partial charge in [-0.15, -0.1) is 0 Å². The molecule has 0 atom stereocenters. The Bertz CT molecular complexity index is 1050. The number of hydrogen-bond donors (Lipinski definition) is 1. The predicted octanol–water partition coefficient (Wildman–Crippen LogP) is 5.31. The number of likely N-dealkylation sites (tertiary alicyclic amines) is 1. The van der Waals surface area contributed by atoms with Crippen LogP contribution in [0.3, 0.4) is 0 Å². The molecule has 156 valence electrons. The molecule has 6 nitrogen and oxygen atoms in total. The number of rotatable bonds is 5. The van der Waals surface area contributed by atoms with Gasteiger partial charge in [-0.05, 0) is 62.7 Å². The van der Waals surface area contributed by atoms with Crippen LogP contribution >= 0.6 is 27.5 Å². The third-order valence-electron chi connectivity index (χ3n) is 5.39. The van der Waals surface area contributed by atoms with Gasteiger partial charge in [0.15, 0.2) is 0 Å². The predicted molar refractivity (Wildman–Crippen MR) is 120 cm³/mol. The summed E-state index contributed by atoms with van der Waals surface area (Å²) >= 11 is 9.61. The second kappa shape index (κ2) is 9.29. The minimum absolute atomic E-state index is 0.0143. The van der Waals surface area contributed by atoms with Crippen LogP contribution in [0.4, 0.5) is 5.69 Å². The van der Waals surface area contributed by atoms with Gasteiger partial charge in [-0.25, -0.2) is 0 Å². The molecule has 8 heteroatoms. The third-order valence-corrected chi connectivity index (χ3v) is 6.30. The normalized spacial score (nSPS) is 15.3. The van der Waals surface area contributed by atoms with E-state index in [1.165, 1.54) is 0 Å². The summed E-state index contributed by atoms with van der Waals surface area (Å²) in [5.41, 5.74) is 2.58. The van der Waals surface area contributed by atoms with Gasteiger partial charge in [-0.3, -0.25) is 9.69 Å². The third kappa shape index (κ3) is 4.91. The highest BCUT2D eigenvalue weighted by molar-refractivity contribution is 9.10. The Labute approximate surface area is 188 Å². The molecule has 2 aromatic carbocycles. The van der Waals surface area contributed by atoms with Crippen LogP contribution in [-0.2, 0) is 11.3 Å².